The Morgan fingerprint density at radius 2 is 1.94 bits per heavy atom. The van der Waals surface area contributed by atoms with Crippen molar-refractivity contribution in [3.05, 3.63) is 59.1 Å². The molecule has 2 aliphatic heterocycles. The number of piperidine rings is 1. The van der Waals surface area contributed by atoms with Crippen molar-refractivity contribution >= 4 is 35.5 Å². The smallest absolute Gasteiger partial charge is 0.324 e. The van der Waals surface area contributed by atoms with E-state index in [9.17, 15) is 4.79 Å². The van der Waals surface area contributed by atoms with Gasteiger partial charge in [0.1, 0.15) is 30.7 Å². The van der Waals surface area contributed by atoms with Gasteiger partial charge in [-0.25, -0.2) is 9.79 Å². The van der Waals surface area contributed by atoms with Gasteiger partial charge in [-0.3, -0.25) is 10.3 Å². The number of amidine groups is 1. The highest BCUT2D eigenvalue weighted by Crippen LogP contribution is 2.29. The maximum atomic E-state index is 12.8. The fourth-order valence-corrected chi connectivity index (χ4v) is 4.33. The molecule has 34 heavy (non-hydrogen) atoms. The quantitative estimate of drug-likeness (QED) is 0.514. The summed E-state index contributed by atoms with van der Waals surface area (Å²) >= 11 is 6.45. The summed E-state index contributed by atoms with van der Waals surface area (Å²) in [6, 6.07) is 15.1. The molecule has 1 saturated heterocycles. The van der Waals surface area contributed by atoms with Crippen molar-refractivity contribution in [2.75, 3.05) is 31.5 Å². The number of rotatable bonds is 8. The highest BCUT2D eigenvalue weighted by Gasteiger charge is 2.27. The first-order chi connectivity index (χ1) is 16.6. The van der Waals surface area contributed by atoms with Crippen LogP contribution in [0, 0.1) is 5.41 Å². The number of nitrogens with one attached hydrogen (secondary N) is 3. The number of hydrogen-bond acceptors (Lipinski definition) is 5. The van der Waals surface area contributed by atoms with Crippen molar-refractivity contribution in [3.8, 4) is 5.75 Å². The summed E-state index contributed by atoms with van der Waals surface area (Å²) in [5, 5.41) is 14.7. The second-order valence-electron chi connectivity index (χ2n) is 8.52. The molecular formula is C25H31ClN6O2. The Morgan fingerprint density at radius 3 is 2.71 bits per heavy atom. The molecule has 2 aromatic rings. The zero-order valence-electron chi connectivity index (χ0n) is 19.2. The summed E-state index contributed by atoms with van der Waals surface area (Å²) in [5.74, 6) is 0.796. The van der Waals surface area contributed by atoms with Gasteiger partial charge in [-0.2, -0.15) is 0 Å². The predicted molar refractivity (Wildman–Crippen MR) is 136 cm³/mol. The van der Waals surface area contributed by atoms with E-state index >= 15 is 0 Å². The van der Waals surface area contributed by atoms with Crippen LogP contribution in [0.15, 0.2) is 53.5 Å². The van der Waals surface area contributed by atoms with Crippen LogP contribution in [0.25, 0.3) is 0 Å². The van der Waals surface area contributed by atoms with E-state index in [1.54, 1.807) is 12.1 Å². The molecule has 2 amide bonds. The highest BCUT2D eigenvalue weighted by molar-refractivity contribution is 6.32. The van der Waals surface area contributed by atoms with Crippen molar-refractivity contribution in [1.82, 2.24) is 15.1 Å². The molecule has 2 aromatic carbocycles. The van der Waals surface area contributed by atoms with Gasteiger partial charge in [-0.15, -0.1) is 0 Å². The van der Waals surface area contributed by atoms with Crippen molar-refractivity contribution in [2.45, 2.75) is 38.5 Å². The van der Waals surface area contributed by atoms with E-state index < -0.39 is 6.17 Å². The number of halogens is 1. The number of aliphatic imine (C=N–C) groups is 1. The average Bonchev–Trinajstić information content (AvgIpc) is 2.85. The number of amides is 2. The van der Waals surface area contributed by atoms with Crippen LogP contribution in [0.2, 0.25) is 5.02 Å². The van der Waals surface area contributed by atoms with Gasteiger partial charge in [0.15, 0.2) is 0 Å². The lowest BCUT2D eigenvalue weighted by Crippen LogP contribution is -2.52. The van der Waals surface area contributed by atoms with Gasteiger partial charge in [0.2, 0.25) is 0 Å². The standard InChI is InChI=1S/C25H31ClN6O2/c26-21-15-20(9-10-22(21)34-17-19-7-3-1-4-8-19)30-24-16-23(27)29-18-32(24)25(33)28-11-14-31-12-5-2-6-13-31/h1,3-4,7-10,15,18,24,27,30H,2,5-6,11-14,16-17H2,(H,28,33). The fraction of sp³-hybridized carbons (Fsp3) is 0.400. The number of nitrogens with zero attached hydrogens (tertiary/aromatic N) is 3. The SMILES string of the molecule is N=C1CC(Nc2ccc(OCc3ccccc3)c(Cl)c2)N(C(=O)NCCN2CCCCC2)C=N1. The zero-order chi connectivity index (χ0) is 23.8. The first-order valence-electron chi connectivity index (χ1n) is 11.7. The largest absolute Gasteiger partial charge is 0.487 e. The van der Waals surface area contributed by atoms with Crippen LogP contribution in [0.3, 0.4) is 0 Å². The third kappa shape index (κ3) is 6.71. The number of carbonyl (C=O) groups excluding carboxylic acids is 1. The second-order valence-corrected chi connectivity index (χ2v) is 8.92. The van der Waals surface area contributed by atoms with Crippen molar-refractivity contribution in [3.63, 3.8) is 0 Å². The molecule has 2 heterocycles. The molecule has 0 saturated carbocycles. The molecule has 9 heteroatoms. The van der Waals surface area contributed by atoms with Gasteiger partial charge in [-0.1, -0.05) is 48.4 Å². The Morgan fingerprint density at radius 1 is 1.15 bits per heavy atom. The van der Waals surface area contributed by atoms with E-state index in [-0.39, 0.29) is 11.9 Å². The highest BCUT2D eigenvalue weighted by atomic mass is 35.5. The van der Waals surface area contributed by atoms with Crippen LogP contribution in [0.5, 0.6) is 5.75 Å². The summed E-state index contributed by atoms with van der Waals surface area (Å²) in [7, 11) is 0. The lowest BCUT2D eigenvalue weighted by molar-refractivity contribution is 0.203. The molecular weight excluding hydrogens is 452 g/mol. The minimum absolute atomic E-state index is 0.212. The van der Waals surface area contributed by atoms with E-state index in [2.05, 4.69) is 20.5 Å². The molecule has 180 valence electrons. The molecule has 8 nitrogen and oxygen atoms in total. The van der Waals surface area contributed by atoms with Crippen molar-refractivity contribution in [2.24, 2.45) is 4.99 Å². The number of urea groups is 1. The van der Waals surface area contributed by atoms with Gasteiger partial charge in [0.25, 0.3) is 0 Å². The van der Waals surface area contributed by atoms with E-state index in [1.165, 1.54) is 30.5 Å². The molecule has 2 aliphatic rings. The molecule has 0 bridgehead atoms. The second kappa shape index (κ2) is 11.9. The molecule has 0 spiro atoms. The van der Waals surface area contributed by atoms with E-state index in [0.29, 0.717) is 30.3 Å². The lowest BCUT2D eigenvalue weighted by atomic mass is 10.1. The molecule has 0 radical (unpaired) electrons. The maximum Gasteiger partial charge on any atom is 0.324 e. The Balaban J connectivity index is 1.33. The van der Waals surface area contributed by atoms with Gasteiger partial charge in [0, 0.05) is 25.2 Å². The van der Waals surface area contributed by atoms with Crippen molar-refractivity contribution in [1.29, 1.82) is 5.41 Å². The normalized spacial score (nSPS) is 18.6. The summed E-state index contributed by atoms with van der Waals surface area (Å²) in [6.45, 7) is 4.02. The van der Waals surface area contributed by atoms with Gasteiger partial charge < -0.3 is 20.3 Å². The van der Waals surface area contributed by atoms with Crippen LogP contribution in [0.1, 0.15) is 31.2 Å². The van der Waals surface area contributed by atoms with Crippen LogP contribution in [0.4, 0.5) is 10.5 Å². The van der Waals surface area contributed by atoms with E-state index in [1.807, 2.05) is 36.4 Å². The lowest BCUT2D eigenvalue weighted by Gasteiger charge is -2.32. The molecule has 1 fully saturated rings. The minimum Gasteiger partial charge on any atom is -0.487 e. The Hall–Kier alpha value is -3.10. The van der Waals surface area contributed by atoms with Gasteiger partial charge in [-0.05, 0) is 49.7 Å². The minimum atomic E-state index is -0.438. The van der Waals surface area contributed by atoms with Gasteiger partial charge >= 0.3 is 6.03 Å². The first kappa shape index (κ1) is 24.0. The Kier molecular flexibility index (Phi) is 8.38. The third-order valence-corrected chi connectivity index (χ3v) is 6.25. The number of likely N-dealkylation sites (tertiary alicyclic amines) is 1. The summed E-state index contributed by atoms with van der Waals surface area (Å²) < 4.78 is 5.84. The van der Waals surface area contributed by atoms with Crippen LogP contribution < -0.4 is 15.4 Å². The monoisotopic (exact) mass is 482 g/mol. The number of ether oxygens (including phenoxy) is 1. The topological polar surface area (TPSA) is 93.0 Å². The number of hydrogen-bond donors (Lipinski definition) is 3. The molecule has 1 unspecified atom stereocenters. The molecule has 3 N–H and O–H groups in total. The summed E-state index contributed by atoms with van der Waals surface area (Å²) in [4.78, 5) is 20.8. The van der Waals surface area contributed by atoms with E-state index in [4.69, 9.17) is 21.7 Å². The summed E-state index contributed by atoms with van der Waals surface area (Å²) in [6.07, 6.45) is 5.00. The molecule has 0 aliphatic carbocycles. The molecule has 0 aromatic heterocycles. The zero-order valence-corrected chi connectivity index (χ0v) is 19.9. The molecule has 4 rings (SSSR count). The van der Waals surface area contributed by atoms with Crippen molar-refractivity contribution < 1.29 is 9.53 Å². The fourth-order valence-electron chi connectivity index (χ4n) is 4.09. The van der Waals surface area contributed by atoms with Gasteiger partial charge in [0.05, 0.1) is 5.02 Å². The number of carbonyl (C=O) groups is 1. The predicted octanol–water partition coefficient (Wildman–Crippen LogP) is 4.56. The number of anilines is 1. The maximum absolute atomic E-state index is 12.8. The summed E-state index contributed by atoms with van der Waals surface area (Å²) in [5.41, 5.74) is 1.79. The number of benzene rings is 2. The Bertz CT molecular complexity index is 1010. The third-order valence-electron chi connectivity index (χ3n) is 5.95. The average molecular weight is 483 g/mol. The Labute approximate surface area is 205 Å². The van der Waals surface area contributed by atoms with Crippen LogP contribution in [-0.2, 0) is 6.61 Å². The van der Waals surface area contributed by atoms with Crippen LogP contribution >= 0.6 is 11.6 Å². The van der Waals surface area contributed by atoms with E-state index in [0.717, 1.165) is 30.9 Å². The molecule has 1 atom stereocenters. The van der Waals surface area contributed by atoms with Crippen LogP contribution in [-0.4, -0.2) is 60.3 Å². The first-order valence-corrected chi connectivity index (χ1v) is 12.1.